The topological polar surface area (TPSA) is 93.0 Å². The lowest BCUT2D eigenvalue weighted by molar-refractivity contribution is 0.0278. The van der Waals surface area contributed by atoms with Gasteiger partial charge in [0.05, 0.1) is 23.9 Å². The minimum atomic E-state index is -0.431. The van der Waals surface area contributed by atoms with Gasteiger partial charge in [-0.25, -0.2) is 0 Å². The number of ether oxygens (including phenoxy) is 1. The Morgan fingerprint density at radius 3 is 2.75 bits per heavy atom. The van der Waals surface area contributed by atoms with E-state index >= 15 is 0 Å². The number of hydrogen-bond donors (Lipinski definition) is 3. The first-order valence-electron chi connectivity index (χ1n) is 7.93. The van der Waals surface area contributed by atoms with Gasteiger partial charge >= 0.3 is 0 Å². The molecule has 2 heterocycles. The summed E-state index contributed by atoms with van der Waals surface area (Å²) in [4.78, 5) is 11.2. The Balaban J connectivity index is 1.68. The Kier molecular flexibility index (Phi) is 3.76. The van der Waals surface area contributed by atoms with Crippen LogP contribution in [0.3, 0.4) is 0 Å². The van der Waals surface area contributed by atoms with E-state index in [4.69, 9.17) is 10.5 Å². The third kappa shape index (κ3) is 2.66. The van der Waals surface area contributed by atoms with Crippen molar-refractivity contribution >= 4 is 16.8 Å². The number of nitrogens with one attached hydrogen (secondary N) is 2. The van der Waals surface area contributed by atoms with Gasteiger partial charge < -0.3 is 15.8 Å². The molecule has 0 aliphatic carbocycles. The molecule has 1 saturated heterocycles. The Morgan fingerprint density at radius 1 is 1.21 bits per heavy atom. The molecule has 0 radical (unpaired) electrons. The van der Waals surface area contributed by atoms with Crippen LogP contribution >= 0.6 is 0 Å². The number of fused-ring (bicyclic) bond motifs is 1. The fraction of sp³-hybridized carbons (Fsp3) is 0.222. The van der Waals surface area contributed by atoms with Crippen molar-refractivity contribution in [2.24, 2.45) is 5.73 Å². The molecule has 0 saturated carbocycles. The summed E-state index contributed by atoms with van der Waals surface area (Å²) in [6, 6.07) is 13.4. The van der Waals surface area contributed by atoms with Crippen LogP contribution in [0.25, 0.3) is 22.2 Å². The zero-order chi connectivity index (χ0) is 16.5. The first-order valence-corrected chi connectivity index (χ1v) is 7.93. The number of aromatic amines is 1. The molecule has 24 heavy (non-hydrogen) atoms. The molecule has 1 aliphatic heterocycles. The Morgan fingerprint density at radius 2 is 2.04 bits per heavy atom. The van der Waals surface area contributed by atoms with E-state index in [1.807, 2.05) is 12.1 Å². The summed E-state index contributed by atoms with van der Waals surface area (Å²) in [5, 5.41) is 11.9. The predicted octanol–water partition coefficient (Wildman–Crippen LogP) is 1.99. The molecule has 3 aromatic rings. The molecule has 6 heteroatoms. The number of hydrogen-bond acceptors (Lipinski definition) is 4. The van der Waals surface area contributed by atoms with Crippen LogP contribution in [0.5, 0.6) is 0 Å². The highest BCUT2D eigenvalue weighted by molar-refractivity contribution is 5.95. The van der Waals surface area contributed by atoms with Gasteiger partial charge in [0.1, 0.15) is 0 Å². The maximum absolute atomic E-state index is 11.2. The number of carbonyl (C=O) groups is 1. The van der Waals surface area contributed by atoms with Crippen LogP contribution in [0, 0.1) is 0 Å². The van der Waals surface area contributed by atoms with Crippen molar-refractivity contribution < 1.29 is 9.53 Å². The minimum absolute atomic E-state index is 0.0738. The second kappa shape index (κ2) is 6.07. The summed E-state index contributed by atoms with van der Waals surface area (Å²) in [5.41, 5.74) is 9.67. The zero-order valence-corrected chi connectivity index (χ0v) is 13.1. The van der Waals surface area contributed by atoms with Gasteiger partial charge in [0, 0.05) is 29.6 Å². The van der Waals surface area contributed by atoms with E-state index in [0.29, 0.717) is 5.56 Å². The smallest absolute Gasteiger partial charge is 0.248 e. The lowest BCUT2D eigenvalue weighted by Crippen LogP contribution is -2.33. The molecular formula is C18H18N4O2. The Labute approximate surface area is 139 Å². The van der Waals surface area contributed by atoms with E-state index < -0.39 is 5.91 Å². The van der Waals surface area contributed by atoms with Crippen LogP contribution in [0.2, 0.25) is 0 Å². The second-order valence-corrected chi connectivity index (χ2v) is 5.88. The summed E-state index contributed by atoms with van der Waals surface area (Å²) in [5.74, 6) is -0.431. The van der Waals surface area contributed by atoms with Crippen LogP contribution in [-0.2, 0) is 4.74 Å². The quantitative estimate of drug-likeness (QED) is 0.687. The molecule has 1 unspecified atom stereocenters. The summed E-state index contributed by atoms with van der Waals surface area (Å²) in [6.07, 6.45) is 0.0738. The first-order chi connectivity index (χ1) is 11.7. The average molecular weight is 322 g/mol. The van der Waals surface area contributed by atoms with E-state index in [9.17, 15) is 4.79 Å². The highest BCUT2D eigenvalue weighted by Gasteiger charge is 2.17. The van der Waals surface area contributed by atoms with Gasteiger partial charge in [-0.3, -0.25) is 9.89 Å². The molecule has 1 aromatic heterocycles. The minimum Gasteiger partial charge on any atom is -0.371 e. The largest absolute Gasteiger partial charge is 0.371 e. The van der Waals surface area contributed by atoms with E-state index in [1.54, 1.807) is 12.1 Å². The van der Waals surface area contributed by atoms with E-state index in [0.717, 1.165) is 47.4 Å². The number of carbonyl (C=O) groups excluding carboxylic acids is 1. The number of aromatic nitrogens is 2. The van der Waals surface area contributed by atoms with E-state index in [1.165, 1.54) is 0 Å². The Bertz CT molecular complexity index is 880. The molecule has 1 atom stereocenters. The van der Waals surface area contributed by atoms with Gasteiger partial charge in [-0.2, -0.15) is 5.10 Å². The third-order valence-electron chi connectivity index (χ3n) is 4.33. The first kappa shape index (κ1) is 14.9. The van der Waals surface area contributed by atoms with Gasteiger partial charge in [0.2, 0.25) is 5.91 Å². The number of nitrogens with zero attached hydrogens (tertiary/aromatic N) is 1. The fourth-order valence-corrected chi connectivity index (χ4v) is 3.03. The zero-order valence-electron chi connectivity index (χ0n) is 13.1. The van der Waals surface area contributed by atoms with Crippen LogP contribution in [0.15, 0.2) is 42.5 Å². The summed E-state index contributed by atoms with van der Waals surface area (Å²) >= 11 is 0. The van der Waals surface area contributed by atoms with Crippen molar-refractivity contribution in [2.75, 3.05) is 19.7 Å². The molecule has 1 aliphatic rings. The normalized spacial score (nSPS) is 17.9. The van der Waals surface area contributed by atoms with Gasteiger partial charge in [-0.05, 0) is 23.8 Å². The van der Waals surface area contributed by atoms with E-state index in [-0.39, 0.29) is 6.10 Å². The average Bonchev–Trinajstić information content (AvgIpc) is 3.05. The number of rotatable bonds is 3. The fourth-order valence-electron chi connectivity index (χ4n) is 3.03. The van der Waals surface area contributed by atoms with Crippen LogP contribution in [0.4, 0.5) is 0 Å². The monoisotopic (exact) mass is 322 g/mol. The summed E-state index contributed by atoms with van der Waals surface area (Å²) < 4.78 is 5.80. The number of morpholine rings is 1. The summed E-state index contributed by atoms with van der Waals surface area (Å²) in [6.45, 7) is 2.44. The van der Waals surface area contributed by atoms with E-state index in [2.05, 4.69) is 33.7 Å². The maximum Gasteiger partial charge on any atom is 0.248 e. The highest BCUT2D eigenvalue weighted by Crippen LogP contribution is 2.29. The number of benzene rings is 2. The maximum atomic E-state index is 11.2. The van der Waals surface area contributed by atoms with Gasteiger partial charge in [-0.15, -0.1) is 0 Å². The van der Waals surface area contributed by atoms with Gasteiger partial charge in [0.25, 0.3) is 0 Å². The van der Waals surface area contributed by atoms with Crippen molar-refractivity contribution in [2.45, 2.75) is 6.10 Å². The molecule has 4 N–H and O–H groups in total. The molecule has 0 bridgehead atoms. The summed E-state index contributed by atoms with van der Waals surface area (Å²) in [7, 11) is 0. The molecule has 122 valence electrons. The number of primary amides is 1. The Hall–Kier alpha value is -2.70. The highest BCUT2D eigenvalue weighted by atomic mass is 16.5. The van der Waals surface area contributed by atoms with Crippen LogP contribution in [0.1, 0.15) is 22.0 Å². The van der Waals surface area contributed by atoms with Crippen molar-refractivity contribution in [3.05, 3.63) is 53.6 Å². The van der Waals surface area contributed by atoms with Crippen molar-refractivity contribution in [3.8, 4) is 11.3 Å². The van der Waals surface area contributed by atoms with Gasteiger partial charge in [-0.1, -0.05) is 24.3 Å². The lowest BCUT2D eigenvalue weighted by atomic mass is 10.0. The number of amides is 1. The van der Waals surface area contributed by atoms with Crippen molar-refractivity contribution in [3.63, 3.8) is 0 Å². The van der Waals surface area contributed by atoms with Gasteiger partial charge in [0.15, 0.2) is 0 Å². The predicted molar refractivity (Wildman–Crippen MR) is 91.6 cm³/mol. The van der Waals surface area contributed by atoms with Crippen LogP contribution in [-0.4, -0.2) is 35.8 Å². The second-order valence-electron chi connectivity index (χ2n) is 5.88. The molecule has 2 aromatic carbocycles. The molecule has 1 fully saturated rings. The molecular weight excluding hydrogens is 304 g/mol. The SMILES string of the molecule is NC(=O)c1ccc(-c2n[nH]c3cc(C4CNCCO4)ccc23)cc1. The molecule has 4 rings (SSSR count). The third-order valence-corrected chi connectivity index (χ3v) is 4.33. The number of nitrogens with two attached hydrogens (primary N) is 1. The van der Waals surface area contributed by atoms with Crippen LogP contribution < -0.4 is 11.1 Å². The molecule has 1 amide bonds. The lowest BCUT2D eigenvalue weighted by Gasteiger charge is -2.23. The molecule has 0 spiro atoms. The van der Waals surface area contributed by atoms with Crippen molar-refractivity contribution in [1.82, 2.24) is 15.5 Å². The number of H-pyrrole nitrogens is 1. The standard InChI is InChI=1S/C18H18N4O2/c19-18(23)12-3-1-11(2-4-12)17-14-6-5-13(9-15(14)21-22-17)16-10-20-7-8-24-16/h1-6,9,16,20H,7-8,10H2,(H2,19,23)(H,21,22). The van der Waals surface area contributed by atoms with Crippen molar-refractivity contribution in [1.29, 1.82) is 0 Å². The molecule has 6 nitrogen and oxygen atoms in total.